The molecule has 2 aromatic heterocycles. The second-order valence-corrected chi connectivity index (χ2v) is 8.85. The second kappa shape index (κ2) is 5.65. The molecule has 0 bridgehead atoms. The van der Waals surface area contributed by atoms with Gasteiger partial charge >= 0.3 is 11.1 Å². The number of thiophene rings is 1. The van der Waals surface area contributed by atoms with Crippen molar-refractivity contribution in [2.24, 2.45) is 0 Å². The van der Waals surface area contributed by atoms with Crippen LogP contribution in [0, 0.1) is 0 Å². The summed E-state index contributed by atoms with van der Waals surface area (Å²) >= 11 is 1.65. The van der Waals surface area contributed by atoms with Crippen molar-refractivity contribution in [3.8, 4) is 0 Å². The molecule has 4 rings (SSSR count). The van der Waals surface area contributed by atoms with E-state index in [-0.39, 0.29) is 16.5 Å². The number of sulfonamides is 1. The number of nitrogens with zero attached hydrogens (tertiary/aromatic N) is 1. The Morgan fingerprint density at radius 3 is 2.60 bits per heavy atom. The lowest BCUT2D eigenvalue weighted by molar-refractivity contribution is 0.329. The van der Waals surface area contributed by atoms with Crippen molar-refractivity contribution >= 4 is 32.4 Å². The highest BCUT2D eigenvalue weighted by Gasteiger charge is 2.34. The van der Waals surface area contributed by atoms with E-state index in [9.17, 15) is 18.0 Å². The van der Waals surface area contributed by atoms with E-state index in [0.29, 0.717) is 18.5 Å². The maximum Gasteiger partial charge on any atom is 0.314 e. The number of H-pyrrole nitrogens is 2. The summed E-state index contributed by atoms with van der Waals surface area (Å²) in [5.41, 5.74) is 0.134. The van der Waals surface area contributed by atoms with Crippen LogP contribution in [0.3, 0.4) is 0 Å². The first-order chi connectivity index (χ1) is 11.9. The second-order valence-electron chi connectivity index (χ2n) is 5.96. The predicted molar refractivity (Wildman–Crippen MR) is 95.5 cm³/mol. The van der Waals surface area contributed by atoms with E-state index < -0.39 is 21.1 Å². The first kappa shape index (κ1) is 16.2. The number of nitrogens with one attached hydrogen (secondary N) is 2. The first-order valence-electron chi connectivity index (χ1n) is 7.72. The molecule has 9 heteroatoms. The third kappa shape index (κ3) is 2.55. The molecule has 25 heavy (non-hydrogen) atoms. The third-order valence-electron chi connectivity index (χ3n) is 4.52. The van der Waals surface area contributed by atoms with Crippen LogP contribution < -0.4 is 11.1 Å². The van der Waals surface area contributed by atoms with Gasteiger partial charge in [-0.2, -0.15) is 4.31 Å². The van der Waals surface area contributed by atoms with Crippen LogP contribution in [0.25, 0.3) is 11.0 Å². The van der Waals surface area contributed by atoms with Gasteiger partial charge in [0, 0.05) is 17.5 Å². The maximum absolute atomic E-state index is 13.1. The minimum Gasteiger partial charge on any atom is -0.316 e. The van der Waals surface area contributed by atoms with E-state index in [1.54, 1.807) is 11.3 Å². The van der Waals surface area contributed by atoms with Crippen LogP contribution in [0.4, 0.5) is 0 Å². The van der Waals surface area contributed by atoms with Crippen molar-refractivity contribution < 1.29 is 8.42 Å². The van der Waals surface area contributed by atoms with Gasteiger partial charge in [-0.05, 0) is 48.6 Å². The molecule has 0 unspecified atom stereocenters. The number of aromatic nitrogens is 2. The Morgan fingerprint density at radius 1 is 1.12 bits per heavy atom. The minimum atomic E-state index is -3.72. The molecular formula is C16H15N3O4S2. The number of rotatable bonds is 2. The molecule has 0 spiro atoms. The number of benzene rings is 1. The summed E-state index contributed by atoms with van der Waals surface area (Å²) in [4.78, 5) is 29.0. The fourth-order valence-corrected chi connectivity index (χ4v) is 5.81. The van der Waals surface area contributed by atoms with Crippen molar-refractivity contribution in [3.05, 3.63) is 60.8 Å². The van der Waals surface area contributed by atoms with Crippen molar-refractivity contribution in [2.75, 3.05) is 6.54 Å². The van der Waals surface area contributed by atoms with Crippen LogP contribution >= 0.6 is 11.3 Å². The molecule has 0 fully saturated rings. The molecular weight excluding hydrogens is 362 g/mol. The average molecular weight is 377 g/mol. The Balaban J connectivity index is 1.81. The fraction of sp³-hybridized carbons (Fsp3) is 0.250. The molecule has 0 saturated carbocycles. The molecule has 1 aliphatic heterocycles. The summed E-state index contributed by atoms with van der Waals surface area (Å²) < 4.78 is 27.7. The Hall–Kier alpha value is -2.23. The Labute approximate surface area is 147 Å². The van der Waals surface area contributed by atoms with Gasteiger partial charge in [-0.3, -0.25) is 9.59 Å². The van der Waals surface area contributed by atoms with E-state index in [1.165, 1.54) is 27.4 Å². The van der Waals surface area contributed by atoms with Crippen molar-refractivity contribution in [2.45, 2.75) is 24.3 Å². The Bertz CT molecular complexity index is 1190. The van der Waals surface area contributed by atoms with E-state index in [1.807, 2.05) is 18.4 Å². The highest BCUT2D eigenvalue weighted by molar-refractivity contribution is 7.89. The van der Waals surface area contributed by atoms with Gasteiger partial charge in [-0.25, -0.2) is 8.42 Å². The summed E-state index contributed by atoms with van der Waals surface area (Å²) in [6, 6.07) is 6.05. The standard InChI is InChI=1S/C16H15N3O4S2/c1-9-11-5-7-24-14(11)4-6-19(9)25(22,23)10-2-3-12-13(8-10)18-16(21)15(20)17-12/h2-3,5,7-9H,4,6H2,1H3,(H,17,20)(H,18,21)/t9-/m0/s1. The number of aromatic amines is 2. The molecule has 0 saturated heterocycles. The average Bonchev–Trinajstić information content (AvgIpc) is 3.05. The lowest BCUT2D eigenvalue weighted by Crippen LogP contribution is -2.38. The number of hydrogen-bond donors (Lipinski definition) is 2. The normalized spacial score (nSPS) is 18.4. The van der Waals surface area contributed by atoms with Gasteiger partial charge in [0.25, 0.3) is 0 Å². The van der Waals surface area contributed by atoms with Crippen LogP contribution in [0.15, 0.2) is 44.1 Å². The van der Waals surface area contributed by atoms with Gasteiger partial charge in [0.1, 0.15) is 0 Å². The van der Waals surface area contributed by atoms with Crippen LogP contribution in [-0.2, 0) is 16.4 Å². The van der Waals surface area contributed by atoms with Crippen LogP contribution in [0.2, 0.25) is 0 Å². The van der Waals surface area contributed by atoms with Gasteiger partial charge < -0.3 is 9.97 Å². The van der Waals surface area contributed by atoms with Crippen LogP contribution in [0.1, 0.15) is 23.4 Å². The Kier molecular flexibility index (Phi) is 3.67. The number of fused-ring (bicyclic) bond motifs is 2. The third-order valence-corrected chi connectivity index (χ3v) is 7.48. The number of hydrogen-bond acceptors (Lipinski definition) is 5. The van der Waals surface area contributed by atoms with Crippen LogP contribution in [0.5, 0.6) is 0 Å². The largest absolute Gasteiger partial charge is 0.316 e. The lowest BCUT2D eigenvalue weighted by Gasteiger charge is -2.32. The summed E-state index contributed by atoms with van der Waals surface area (Å²) in [6.45, 7) is 2.29. The maximum atomic E-state index is 13.1. The zero-order chi connectivity index (χ0) is 17.8. The van der Waals surface area contributed by atoms with Gasteiger partial charge in [-0.15, -0.1) is 11.3 Å². The summed E-state index contributed by atoms with van der Waals surface area (Å²) in [7, 11) is -3.72. The van der Waals surface area contributed by atoms with Gasteiger partial charge in [-0.1, -0.05) is 0 Å². The molecule has 1 aliphatic rings. The monoisotopic (exact) mass is 377 g/mol. The molecule has 1 aromatic carbocycles. The molecule has 0 radical (unpaired) electrons. The van der Waals surface area contributed by atoms with Crippen molar-refractivity contribution in [1.29, 1.82) is 0 Å². The molecule has 130 valence electrons. The molecule has 0 amide bonds. The SMILES string of the molecule is C[C@H]1c2ccsc2CCN1S(=O)(=O)c1ccc2[nH]c(=O)c(=O)[nH]c2c1. The van der Waals surface area contributed by atoms with Gasteiger partial charge in [0.05, 0.1) is 15.9 Å². The van der Waals surface area contributed by atoms with E-state index in [4.69, 9.17) is 0 Å². The first-order valence-corrected chi connectivity index (χ1v) is 10.0. The quantitative estimate of drug-likeness (QED) is 0.662. The lowest BCUT2D eigenvalue weighted by atomic mass is 10.0. The highest BCUT2D eigenvalue weighted by atomic mass is 32.2. The minimum absolute atomic E-state index is 0.0910. The molecule has 0 aliphatic carbocycles. The van der Waals surface area contributed by atoms with Crippen LogP contribution in [-0.4, -0.2) is 29.2 Å². The molecule has 2 N–H and O–H groups in total. The topological polar surface area (TPSA) is 103 Å². The summed E-state index contributed by atoms with van der Waals surface area (Å²) in [5.74, 6) is 0. The zero-order valence-corrected chi connectivity index (χ0v) is 14.9. The smallest absolute Gasteiger partial charge is 0.314 e. The van der Waals surface area contributed by atoms with Gasteiger partial charge in [0.15, 0.2) is 0 Å². The summed E-state index contributed by atoms with van der Waals surface area (Å²) in [6.07, 6.45) is 0.689. The fourth-order valence-electron chi connectivity index (χ4n) is 3.20. The summed E-state index contributed by atoms with van der Waals surface area (Å²) in [5, 5.41) is 1.98. The van der Waals surface area contributed by atoms with Gasteiger partial charge in [0.2, 0.25) is 10.0 Å². The Morgan fingerprint density at radius 2 is 1.84 bits per heavy atom. The van der Waals surface area contributed by atoms with Crippen molar-refractivity contribution in [3.63, 3.8) is 0 Å². The molecule has 3 aromatic rings. The molecule has 1 atom stereocenters. The van der Waals surface area contributed by atoms with E-state index >= 15 is 0 Å². The zero-order valence-electron chi connectivity index (χ0n) is 13.3. The van der Waals surface area contributed by atoms with E-state index in [0.717, 1.165) is 5.56 Å². The highest BCUT2D eigenvalue weighted by Crippen LogP contribution is 2.36. The van der Waals surface area contributed by atoms with Crippen molar-refractivity contribution in [1.82, 2.24) is 14.3 Å². The predicted octanol–water partition coefficient (Wildman–Crippen LogP) is 1.59. The molecule has 7 nitrogen and oxygen atoms in total. The molecule has 3 heterocycles. The van der Waals surface area contributed by atoms with E-state index in [2.05, 4.69) is 9.97 Å².